The molecule has 1 fully saturated rings. The van der Waals surface area contributed by atoms with E-state index in [1.165, 1.54) is 11.8 Å². The van der Waals surface area contributed by atoms with Gasteiger partial charge in [0.1, 0.15) is 0 Å². The molecule has 1 aromatic rings. The maximum absolute atomic E-state index is 13.1. The van der Waals surface area contributed by atoms with Crippen LogP contribution in [0, 0.1) is 0 Å². The molecule has 1 saturated heterocycles. The molecule has 3 aliphatic heterocycles. The number of fused-ring (bicyclic) bond motifs is 1. The molecule has 3 heterocycles. The second-order valence-corrected chi connectivity index (χ2v) is 9.44. The van der Waals surface area contributed by atoms with Crippen LogP contribution in [0.1, 0.15) is 51.6 Å². The lowest BCUT2D eigenvalue weighted by Gasteiger charge is -2.36. The number of amidine groups is 1. The number of hydrogen-bond donors (Lipinski definition) is 0. The van der Waals surface area contributed by atoms with Crippen LogP contribution >= 0.6 is 23.4 Å². The summed E-state index contributed by atoms with van der Waals surface area (Å²) in [6.45, 7) is 7.11. The Morgan fingerprint density at radius 1 is 1.23 bits per heavy atom. The molecule has 0 aliphatic carbocycles. The molecule has 6 nitrogen and oxygen atoms in total. The summed E-state index contributed by atoms with van der Waals surface area (Å²) in [6.07, 6.45) is 2.14. The van der Waals surface area contributed by atoms with E-state index in [0.29, 0.717) is 16.3 Å². The van der Waals surface area contributed by atoms with E-state index >= 15 is 0 Å². The van der Waals surface area contributed by atoms with Gasteiger partial charge in [-0.1, -0.05) is 35.5 Å². The summed E-state index contributed by atoms with van der Waals surface area (Å²) in [5, 5.41) is 3.36. The number of nitrogens with zero attached hydrogens (tertiary/aromatic N) is 3. The number of thioether (sulfide) groups is 1. The molecule has 0 aromatic heterocycles. The molecular formula is C23H26ClN3O3S. The number of carbonyl (C=O) groups excluding carboxylic acids is 2. The van der Waals surface area contributed by atoms with Crippen LogP contribution in [0.25, 0.3) is 0 Å². The maximum Gasteiger partial charge on any atom is 0.338 e. The molecule has 1 atom stereocenters. The molecule has 1 aromatic carbocycles. The molecule has 3 aliphatic rings. The van der Waals surface area contributed by atoms with Crippen LogP contribution in [0.5, 0.6) is 0 Å². The first kappa shape index (κ1) is 22.0. The summed E-state index contributed by atoms with van der Waals surface area (Å²) in [6, 6.07) is 7.02. The van der Waals surface area contributed by atoms with Gasteiger partial charge in [0.05, 0.1) is 29.8 Å². The highest BCUT2D eigenvalue weighted by Gasteiger charge is 2.41. The van der Waals surface area contributed by atoms with Crippen LogP contribution < -0.4 is 0 Å². The molecule has 0 saturated carbocycles. The zero-order valence-electron chi connectivity index (χ0n) is 17.9. The van der Waals surface area contributed by atoms with E-state index in [-0.39, 0.29) is 18.4 Å². The number of rotatable bonds is 5. The van der Waals surface area contributed by atoms with Crippen LogP contribution in [0.3, 0.4) is 0 Å². The monoisotopic (exact) mass is 459 g/mol. The molecule has 0 spiro atoms. The second kappa shape index (κ2) is 9.09. The normalized spacial score (nSPS) is 20.7. The minimum atomic E-state index is -0.427. The number of halogens is 1. The lowest BCUT2D eigenvalue weighted by atomic mass is 9.94. The summed E-state index contributed by atoms with van der Waals surface area (Å²) in [7, 11) is 0. The van der Waals surface area contributed by atoms with Crippen molar-refractivity contribution in [1.82, 2.24) is 9.80 Å². The number of ether oxygens (including phenoxy) is 1. The van der Waals surface area contributed by atoms with Crippen molar-refractivity contribution in [2.45, 2.75) is 52.2 Å². The van der Waals surface area contributed by atoms with Crippen molar-refractivity contribution in [3.05, 3.63) is 57.2 Å². The molecule has 164 valence electrons. The topological polar surface area (TPSA) is 62.2 Å². The number of amides is 1. The first-order valence-electron chi connectivity index (χ1n) is 10.5. The van der Waals surface area contributed by atoms with Crippen molar-refractivity contribution >= 4 is 40.4 Å². The fourth-order valence-corrected chi connectivity index (χ4v) is 5.19. The van der Waals surface area contributed by atoms with E-state index in [9.17, 15) is 9.59 Å². The summed E-state index contributed by atoms with van der Waals surface area (Å²) >= 11 is 7.60. The van der Waals surface area contributed by atoms with E-state index in [1.54, 1.807) is 0 Å². The predicted molar refractivity (Wildman–Crippen MR) is 124 cm³/mol. The molecule has 0 unspecified atom stereocenters. The highest BCUT2D eigenvalue weighted by Crippen LogP contribution is 2.45. The Balaban J connectivity index is 1.71. The van der Waals surface area contributed by atoms with E-state index in [2.05, 4.69) is 4.99 Å². The standard InChI is InChI=1S/C23H26ClN3O3S/c1-14(2)30-22(29)20-15(3)25-23-27(21(20)16-6-8-17(24)9-7-16)18(13-31-23)12-19(28)26-10-4-5-11-26/h6-9,13-14,21H,4-5,10-12H2,1-3H3/t21-/m0/s1. The molecule has 0 N–H and O–H groups in total. The van der Waals surface area contributed by atoms with Crippen LogP contribution in [-0.4, -0.2) is 46.0 Å². The molecular weight excluding hydrogens is 434 g/mol. The quantitative estimate of drug-likeness (QED) is 0.587. The minimum absolute atomic E-state index is 0.109. The highest BCUT2D eigenvalue weighted by atomic mass is 35.5. The minimum Gasteiger partial charge on any atom is -0.459 e. The van der Waals surface area contributed by atoms with Gasteiger partial charge in [0.25, 0.3) is 0 Å². The van der Waals surface area contributed by atoms with Crippen molar-refractivity contribution in [1.29, 1.82) is 0 Å². The fourth-order valence-electron chi connectivity index (χ4n) is 4.10. The van der Waals surface area contributed by atoms with Gasteiger partial charge in [-0.05, 0) is 56.7 Å². The van der Waals surface area contributed by atoms with Crippen LogP contribution in [-0.2, 0) is 14.3 Å². The van der Waals surface area contributed by atoms with Gasteiger partial charge in [0.2, 0.25) is 5.91 Å². The molecule has 0 bridgehead atoms. The van der Waals surface area contributed by atoms with E-state index < -0.39 is 12.0 Å². The Labute approximate surface area is 192 Å². The number of esters is 1. The first-order chi connectivity index (χ1) is 14.8. The summed E-state index contributed by atoms with van der Waals surface area (Å²) < 4.78 is 5.56. The van der Waals surface area contributed by atoms with Gasteiger partial charge in [-0.2, -0.15) is 0 Å². The SMILES string of the molecule is CC1=C(C(=O)OC(C)C)[C@H](c2ccc(Cl)cc2)N2C(CC(=O)N3CCCC3)=CSC2=N1. The van der Waals surface area contributed by atoms with Gasteiger partial charge in [-0.15, -0.1) is 0 Å². The zero-order valence-corrected chi connectivity index (χ0v) is 19.5. The zero-order chi connectivity index (χ0) is 22.1. The Kier molecular flexibility index (Phi) is 6.44. The molecule has 4 rings (SSSR count). The second-order valence-electron chi connectivity index (χ2n) is 8.16. The Hall–Kier alpha value is -2.25. The van der Waals surface area contributed by atoms with Crippen molar-refractivity contribution in [3.8, 4) is 0 Å². The van der Waals surface area contributed by atoms with Crippen LogP contribution in [0.2, 0.25) is 5.02 Å². The van der Waals surface area contributed by atoms with Crippen molar-refractivity contribution in [2.75, 3.05) is 13.1 Å². The number of likely N-dealkylation sites (tertiary alicyclic amines) is 1. The van der Waals surface area contributed by atoms with Gasteiger partial charge < -0.3 is 14.5 Å². The summed E-state index contributed by atoms with van der Waals surface area (Å²) in [5.74, 6) is -0.282. The lowest BCUT2D eigenvalue weighted by Crippen LogP contribution is -2.38. The van der Waals surface area contributed by atoms with Crippen molar-refractivity contribution in [3.63, 3.8) is 0 Å². The fraction of sp³-hybridized carbons (Fsp3) is 0.435. The highest BCUT2D eigenvalue weighted by molar-refractivity contribution is 8.16. The third-order valence-electron chi connectivity index (χ3n) is 5.54. The third-order valence-corrected chi connectivity index (χ3v) is 6.68. The summed E-state index contributed by atoms with van der Waals surface area (Å²) in [4.78, 5) is 34.6. The van der Waals surface area contributed by atoms with Gasteiger partial charge in [-0.25, -0.2) is 9.79 Å². The smallest absolute Gasteiger partial charge is 0.338 e. The summed E-state index contributed by atoms with van der Waals surface area (Å²) in [5.41, 5.74) is 2.86. The molecule has 8 heteroatoms. The third kappa shape index (κ3) is 4.53. The largest absolute Gasteiger partial charge is 0.459 e. The Morgan fingerprint density at radius 3 is 2.55 bits per heavy atom. The van der Waals surface area contributed by atoms with Gasteiger partial charge in [0.15, 0.2) is 5.17 Å². The number of carbonyl (C=O) groups is 2. The molecule has 1 amide bonds. The Morgan fingerprint density at radius 2 is 1.90 bits per heavy atom. The van der Waals surface area contributed by atoms with E-state index in [1.807, 2.05) is 60.2 Å². The van der Waals surface area contributed by atoms with Gasteiger partial charge >= 0.3 is 5.97 Å². The van der Waals surface area contributed by atoms with Gasteiger partial charge in [-0.3, -0.25) is 4.79 Å². The number of aliphatic imine (C=N–C) groups is 1. The number of benzene rings is 1. The Bertz CT molecular complexity index is 978. The van der Waals surface area contributed by atoms with Crippen molar-refractivity contribution < 1.29 is 14.3 Å². The van der Waals surface area contributed by atoms with Crippen LogP contribution in [0.15, 0.2) is 51.6 Å². The van der Waals surface area contributed by atoms with E-state index in [4.69, 9.17) is 16.3 Å². The van der Waals surface area contributed by atoms with Crippen molar-refractivity contribution in [2.24, 2.45) is 4.99 Å². The lowest BCUT2D eigenvalue weighted by molar-refractivity contribution is -0.143. The van der Waals surface area contributed by atoms with Crippen LogP contribution in [0.4, 0.5) is 0 Å². The number of hydrogen-bond acceptors (Lipinski definition) is 6. The average molecular weight is 460 g/mol. The number of allylic oxidation sites excluding steroid dienone is 1. The molecule has 0 radical (unpaired) electrons. The van der Waals surface area contributed by atoms with E-state index in [0.717, 1.165) is 42.4 Å². The van der Waals surface area contributed by atoms with Gasteiger partial charge in [0, 0.05) is 23.8 Å². The molecule has 31 heavy (non-hydrogen) atoms. The maximum atomic E-state index is 13.1. The first-order valence-corrected chi connectivity index (χ1v) is 11.8. The predicted octanol–water partition coefficient (Wildman–Crippen LogP) is 4.88. The average Bonchev–Trinajstić information content (AvgIpc) is 3.37.